The SMILES string of the molecule is COc1ccc(CCNCCC(=O)N2CCN(c3cccc(C)c3)CC2)cc1. The monoisotopic (exact) mass is 381 g/mol. The Balaban J connectivity index is 1.32. The molecule has 0 aliphatic carbocycles. The number of piperazine rings is 1. The highest BCUT2D eigenvalue weighted by atomic mass is 16.5. The van der Waals surface area contributed by atoms with Crippen LogP contribution in [0.25, 0.3) is 0 Å². The first-order valence-electron chi connectivity index (χ1n) is 10.1. The second-order valence-corrected chi connectivity index (χ2v) is 7.30. The molecule has 150 valence electrons. The number of hydrogen-bond acceptors (Lipinski definition) is 4. The van der Waals surface area contributed by atoms with Gasteiger partial charge in [0.25, 0.3) is 0 Å². The summed E-state index contributed by atoms with van der Waals surface area (Å²) in [4.78, 5) is 16.8. The molecule has 5 heteroatoms. The lowest BCUT2D eigenvalue weighted by atomic mass is 10.1. The maximum Gasteiger partial charge on any atom is 0.223 e. The lowest BCUT2D eigenvalue weighted by Crippen LogP contribution is -2.49. The molecule has 0 bridgehead atoms. The highest BCUT2D eigenvalue weighted by Crippen LogP contribution is 2.18. The van der Waals surface area contributed by atoms with Gasteiger partial charge in [0.2, 0.25) is 5.91 Å². The van der Waals surface area contributed by atoms with E-state index in [4.69, 9.17) is 4.74 Å². The number of anilines is 1. The molecule has 0 spiro atoms. The minimum atomic E-state index is 0.251. The molecule has 0 saturated carbocycles. The number of methoxy groups -OCH3 is 1. The summed E-state index contributed by atoms with van der Waals surface area (Å²) >= 11 is 0. The Hall–Kier alpha value is -2.53. The van der Waals surface area contributed by atoms with Crippen LogP contribution in [-0.4, -0.2) is 57.2 Å². The van der Waals surface area contributed by atoms with Crippen molar-refractivity contribution in [2.24, 2.45) is 0 Å². The summed E-state index contributed by atoms with van der Waals surface area (Å²) in [6.07, 6.45) is 1.51. The van der Waals surface area contributed by atoms with E-state index in [2.05, 4.69) is 53.5 Å². The van der Waals surface area contributed by atoms with E-state index >= 15 is 0 Å². The predicted octanol–water partition coefficient (Wildman–Crippen LogP) is 2.87. The van der Waals surface area contributed by atoms with E-state index in [0.717, 1.165) is 51.4 Å². The highest BCUT2D eigenvalue weighted by molar-refractivity contribution is 5.76. The van der Waals surface area contributed by atoms with Crippen molar-refractivity contribution in [2.45, 2.75) is 19.8 Å². The molecule has 1 saturated heterocycles. The number of nitrogens with one attached hydrogen (secondary N) is 1. The Morgan fingerprint density at radius 3 is 2.46 bits per heavy atom. The third-order valence-corrected chi connectivity index (χ3v) is 5.26. The maximum atomic E-state index is 12.5. The van der Waals surface area contributed by atoms with E-state index in [9.17, 15) is 4.79 Å². The van der Waals surface area contributed by atoms with Crippen LogP contribution in [0.1, 0.15) is 17.5 Å². The normalized spacial score (nSPS) is 14.2. The summed E-state index contributed by atoms with van der Waals surface area (Å²) in [5, 5.41) is 3.38. The fourth-order valence-corrected chi connectivity index (χ4v) is 3.54. The molecule has 1 N–H and O–H groups in total. The summed E-state index contributed by atoms with van der Waals surface area (Å²) < 4.78 is 5.17. The van der Waals surface area contributed by atoms with Crippen LogP contribution in [0.4, 0.5) is 5.69 Å². The third-order valence-electron chi connectivity index (χ3n) is 5.26. The van der Waals surface area contributed by atoms with Crippen molar-refractivity contribution in [3.05, 3.63) is 59.7 Å². The zero-order valence-corrected chi connectivity index (χ0v) is 17.0. The van der Waals surface area contributed by atoms with Gasteiger partial charge in [-0.05, 0) is 55.3 Å². The molecule has 0 radical (unpaired) electrons. The largest absolute Gasteiger partial charge is 0.497 e. The zero-order valence-electron chi connectivity index (χ0n) is 17.0. The molecule has 2 aromatic carbocycles. The Morgan fingerprint density at radius 2 is 1.79 bits per heavy atom. The van der Waals surface area contributed by atoms with Crippen molar-refractivity contribution in [3.8, 4) is 5.75 Å². The number of ether oxygens (including phenoxy) is 1. The van der Waals surface area contributed by atoms with E-state index in [1.165, 1.54) is 16.8 Å². The number of carbonyl (C=O) groups is 1. The van der Waals surface area contributed by atoms with Crippen LogP contribution in [0, 0.1) is 6.92 Å². The van der Waals surface area contributed by atoms with Crippen LogP contribution in [0.15, 0.2) is 48.5 Å². The van der Waals surface area contributed by atoms with Crippen LogP contribution in [-0.2, 0) is 11.2 Å². The van der Waals surface area contributed by atoms with E-state index in [0.29, 0.717) is 6.42 Å². The topological polar surface area (TPSA) is 44.8 Å². The number of amides is 1. The lowest BCUT2D eigenvalue weighted by molar-refractivity contribution is -0.131. The van der Waals surface area contributed by atoms with Gasteiger partial charge >= 0.3 is 0 Å². The molecule has 0 unspecified atom stereocenters. The van der Waals surface area contributed by atoms with E-state index in [1.54, 1.807) is 7.11 Å². The smallest absolute Gasteiger partial charge is 0.223 e. The van der Waals surface area contributed by atoms with E-state index in [-0.39, 0.29) is 5.91 Å². The second-order valence-electron chi connectivity index (χ2n) is 7.30. The van der Waals surface area contributed by atoms with Crippen LogP contribution >= 0.6 is 0 Å². The number of hydrogen-bond donors (Lipinski definition) is 1. The summed E-state index contributed by atoms with van der Waals surface area (Å²) in [6.45, 7) is 7.14. The molecule has 1 aliphatic rings. The summed E-state index contributed by atoms with van der Waals surface area (Å²) in [6, 6.07) is 16.7. The zero-order chi connectivity index (χ0) is 19.8. The van der Waals surface area contributed by atoms with E-state index in [1.807, 2.05) is 17.0 Å². The quantitative estimate of drug-likeness (QED) is 0.714. The van der Waals surface area contributed by atoms with Crippen LogP contribution in [0.3, 0.4) is 0 Å². The van der Waals surface area contributed by atoms with E-state index < -0.39 is 0 Å². The Bertz CT molecular complexity index is 753. The van der Waals surface area contributed by atoms with Crippen molar-refractivity contribution in [1.29, 1.82) is 0 Å². The fourth-order valence-electron chi connectivity index (χ4n) is 3.54. The Kier molecular flexibility index (Phi) is 7.31. The van der Waals surface area contributed by atoms with Crippen LogP contribution in [0.2, 0.25) is 0 Å². The minimum Gasteiger partial charge on any atom is -0.497 e. The first-order chi connectivity index (χ1) is 13.7. The van der Waals surface area contributed by atoms with Gasteiger partial charge in [-0.2, -0.15) is 0 Å². The summed E-state index contributed by atoms with van der Waals surface area (Å²) in [5.41, 5.74) is 3.80. The van der Waals surface area contributed by atoms with Gasteiger partial charge in [0.1, 0.15) is 5.75 Å². The van der Waals surface area contributed by atoms with Crippen LogP contribution < -0.4 is 15.0 Å². The molecule has 3 rings (SSSR count). The maximum absolute atomic E-state index is 12.5. The summed E-state index contributed by atoms with van der Waals surface area (Å²) in [5.74, 6) is 1.13. The van der Waals surface area contributed by atoms with Gasteiger partial charge in [0.15, 0.2) is 0 Å². The molecule has 1 heterocycles. The van der Waals surface area contributed by atoms with Gasteiger partial charge in [-0.25, -0.2) is 0 Å². The molecule has 1 amide bonds. The fraction of sp³-hybridized carbons (Fsp3) is 0.435. The average molecular weight is 382 g/mol. The number of carbonyl (C=O) groups excluding carboxylic acids is 1. The van der Waals surface area contributed by atoms with Gasteiger partial charge < -0.3 is 19.9 Å². The average Bonchev–Trinajstić information content (AvgIpc) is 2.74. The first-order valence-corrected chi connectivity index (χ1v) is 10.1. The molecule has 5 nitrogen and oxygen atoms in total. The molecule has 1 fully saturated rings. The minimum absolute atomic E-state index is 0.251. The Morgan fingerprint density at radius 1 is 1.04 bits per heavy atom. The van der Waals surface area contributed by atoms with Gasteiger partial charge in [-0.15, -0.1) is 0 Å². The molecule has 0 aromatic heterocycles. The van der Waals surface area contributed by atoms with Crippen molar-refractivity contribution < 1.29 is 9.53 Å². The number of rotatable bonds is 8. The number of aryl methyl sites for hydroxylation is 1. The molecule has 0 atom stereocenters. The standard InChI is InChI=1S/C23H31N3O2/c1-19-4-3-5-21(18-19)25-14-16-26(17-15-25)23(27)11-13-24-12-10-20-6-8-22(28-2)9-7-20/h3-9,18,24H,10-17H2,1-2H3. The number of benzene rings is 2. The molecule has 28 heavy (non-hydrogen) atoms. The predicted molar refractivity (Wildman–Crippen MR) is 114 cm³/mol. The van der Waals surface area contributed by atoms with Crippen molar-refractivity contribution in [1.82, 2.24) is 10.2 Å². The lowest BCUT2D eigenvalue weighted by Gasteiger charge is -2.36. The molecule has 2 aromatic rings. The third kappa shape index (κ3) is 5.73. The number of nitrogens with zero attached hydrogens (tertiary/aromatic N) is 2. The van der Waals surface area contributed by atoms with Crippen molar-refractivity contribution >= 4 is 11.6 Å². The van der Waals surface area contributed by atoms with Crippen LogP contribution in [0.5, 0.6) is 5.75 Å². The van der Waals surface area contributed by atoms with Gasteiger partial charge in [-0.3, -0.25) is 4.79 Å². The first kappa shape index (κ1) is 20.2. The highest BCUT2D eigenvalue weighted by Gasteiger charge is 2.20. The molecule has 1 aliphatic heterocycles. The molecular weight excluding hydrogens is 350 g/mol. The van der Waals surface area contributed by atoms with Gasteiger partial charge in [-0.1, -0.05) is 24.3 Å². The van der Waals surface area contributed by atoms with Crippen molar-refractivity contribution in [2.75, 3.05) is 51.3 Å². The second kappa shape index (κ2) is 10.1. The summed E-state index contributed by atoms with van der Waals surface area (Å²) in [7, 11) is 1.68. The Labute approximate surface area is 168 Å². The van der Waals surface area contributed by atoms with Gasteiger partial charge in [0, 0.05) is 44.8 Å². The molecular formula is C23H31N3O2. The van der Waals surface area contributed by atoms with Gasteiger partial charge in [0.05, 0.1) is 7.11 Å². The van der Waals surface area contributed by atoms with Crippen molar-refractivity contribution in [3.63, 3.8) is 0 Å².